The highest BCUT2D eigenvalue weighted by Crippen LogP contribution is 2.17. The average Bonchev–Trinajstić information content (AvgIpc) is 2.39. The first-order chi connectivity index (χ1) is 9.13. The van der Waals surface area contributed by atoms with Gasteiger partial charge in [-0.2, -0.15) is 0 Å². The Morgan fingerprint density at radius 1 is 1.32 bits per heavy atom. The van der Waals surface area contributed by atoms with Gasteiger partial charge in [0.25, 0.3) is 0 Å². The van der Waals surface area contributed by atoms with Crippen molar-refractivity contribution in [1.29, 1.82) is 0 Å². The zero-order chi connectivity index (χ0) is 13.8. The fraction of sp³-hybridized carbons (Fsp3) is 0.286. The van der Waals surface area contributed by atoms with E-state index in [1.54, 1.807) is 6.92 Å². The van der Waals surface area contributed by atoms with Crippen LogP contribution in [0.1, 0.15) is 40.1 Å². The smallest absolute Gasteiger partial charge is 0.155 e. The van der Waals surface area contributed by atoms with Crippen molar-refractivity contribution in [3.8, 4) is 0 Å². The van der Waals surface area contributed by atoms with Gasteiger partial charge < -0.3 is 0 Å². The molecular formula is C14H14ClN3O. The Labute approximate surface area is 116 Å². The van der Waals surface area contributed by atoms with Crippen molar-refractivity contribution in [2.75, 3.05) is 0 Å². The minimum atomic E-state index is 0.197. The fourth-order valence-electron chi connectivity index (χ4n) is 1.79. The third kappa shape index (κ3) is 3.15. The number of aldehydes is 1. The van der Waals surface area contributed by atoms with E-state index in [1.165, 1.54) is 5.56 Å². The molecule has 0 aliphatic heterocycles. The van der Waals surface area contributed by atoms with E-state index in [2.05, 4.69) is 21.9 Å². The quantitative estimate of drug-likeness (QED) is 0.636. The number of aromatic nitrogens is 3. The maximum absolute atomic E-state index is 11.1. The standard InChI is InChI=1S/C14H14ClN3O/c1-3-10-4-5-11(16-7-10)6-13-12(8-19)14(15)18-9(2)17-13/h4-5,7-8H,3,6H2,1-2H3. The molecular weight excluding hydrogens is 262 g/mol. The molecule has 0 radical (unpaired) electrons. The van der Waals surface area contributed by atoms with Crippen molar-refractivity contribution in [2.24, 2.45) is 0 Å². The normalized spacial score (nSPS) is 10.5. The molecule has 5 heteroatoms. The predicted molar refractivity (Wildman–Crippen MR) is 73.6 cm³/mol. The van der Waals surface area contributed by atoms with Gasteiger partial charge in [0.1, 0.15) is 11.0 Å². The van der Waals surface area contributed by atoms with Crippen LogP contribution in [0.15, 0.2) is 18.3 Å². The van der Waals surface area contributed by atoms with Gasteiger partial charge in [0.15, 0.2) is 6.29 Å². The van der Waals surface area contributed by atoms with Crippen molar-refractivity contribution in [3.63, 3.8) is 0 Å². The van der Waals surface area contributed by atoms with Crippen LogP contribution < -0.4 is 0 Å². The van der Waals surface area contributed by atoms with Crippen LogP contribution in [0.25, 0.3) is 0 Å². The third-order valence-corrected chi connectivity index (χ3v) is 3.14. The molecule has 0 bridgehead atoms. The number of carbonyl (C=O) groups is 1. The minimum absolute atomic E-state index is 0.197. The maximum atomic E-state index is 11.1. The van der Waals surface area contributed by atoms with Gasteiger partial charge >= 0.3 is 0 Å². The Bertz CT molecular complexity index is 596. The summed E-state index contributed by atoms with van der Waals surface area (Å²) in [6.07, 6.45) is 3.95. The Morgan fingerprint density at radius 2 is 2.11 bits per heavy atom. The summed E-state index contributed by atoms with van der Waals surface area (Å²) < 4.78 is 0. The van der Waals surface area contributed by atoms with Crippen LogP contribution >= 0.6 is 11.6 Å². The molecule has 2 aromatic rings. The van der Waals surface area contributed by atoms with Crippen LogP contribution in [-0.4, -0.2) is 21.2 Å². The fourth-order valence-corrected chi connectivity index (χ4v) is 2.07. The van der Waals surface area contributed by atoms with Gasteiger partial charge in [-0.3, -0.25) is 9.78 Å². The summed E-state index contributed by atoms with van der Waals surface area (Å²) in [5.74, 6) is 0.552. The lowest BCUT2D eigenvalue weighted by Crippen LogP contribution is -2.05. The van der Waals surface area contributed by atoms with Crippen LogP contribution in [-0.2, 0) is 12.8 Å². The molecule has 4 nitrogen and oxygen atoms in total. The molecule has 0 aliphatic rings. The summed E-state index contributed by atoms with van der Waals surface area (Å²) >= 11 is 5.95. The minimum Gasteiger partial charge on any atom is -0.298 e. The Hall–Kier alpha value is -1.81. The SMILES string of the molecule is CCc1ccc(Cc2nc(C)nc(Cl)c2C=O)nc1. The molecule has 0 aliphatic carbocycles. The first kappa shape index (κ1) is 13.6. The summed E-state index contributed by atoms with van der Waals surface area (Å²) in [5, 5.41) is 0.197. The van der Waals surface area contributed by atoms with E-state index < -0.39 is 0 Å². The number of nitrogens with zero attached hydrogens (tertiary/aromatic N) is 3. The predicted octanol–water partition coefficient (Wildman–Crippen LogP) is 2.80. The number of pyridine rings is 1. The topological polar surface area (TPSA) is 55.7 Å². The highest BCUT2D eigenvalue weighted by Gasteiger charge is 2.12. The van der Waals surface area contributed by atoms with E-state index in [0.29, 0.717) is 29.8 Å². The van der Waals surface area contributed by atoms with E-state index in [9.17, 15) is 4.79 Å². The maximum Gasteiger partial charge on any atom is 0.155 e. The second kappa shape index (κ2) is 5.89. The van der Waals surface area contributed by atoms with E-state index in [1.807, 2.05) is 18.3 Å². The van der Waals surface area contributed by atoms with Crippen LogP contribution in [0.5, 0.6) is 0 Å². The molecule has 0 unspecified atom stereocenters. The Balaban J connectivity index is 2.34. The first-order valence-corrected chi connectivity index (χ1v) is 6.43. The number of halogens is 1. The summed E-state index contributed by atoms with van der Waals surface area (Å²) in [4.78, 5) is 23.7. The molecule has 0 amide bonds. The first-order valence-electron chi connectivity index (χ1n) is 6.06. The molecule has 0 fully saturated rings. The number of hydrogen-bond acceptors (Lipinski definition) is 4. The zero-order valence-electron chi connectivity index (χ0n) is 10.9. The summed E-state index contributed by atoms with van der Waals surface area (Å²) in [6.45, 7) is 3.83. The monoisotopic (exact) mass is 275 g/mol. The van der Waals surface area contributed by atoms with Crippen molar-refractivity contribution in [3.05, 3.63) is 51.8 Å². The lowest BCUT2D eigenvalue weighted by atomic mass is 10.1. The molecule has 0 spiro atoms. The molecule has 0 saturated heterocycles. The molecule has 2 heterocycles. The van der Waals surface area contributed by atoms with Gasteiger partial charge in [-0.05, 0) is 25.0 Å². The third-order valence-electron chi connectivity index (χ3n) is 2.85. The second-order valence-electron chi connectivity index (χ2n) is 4.23. The van der Waals surface area contributed by atoms with Gasteiger partial charge in [0.05, 0.1) is 11.3 Å². The molecule has 0 aromatic carbocycles. The summed E-state index contributed by atoms with van der Waals surface area (Å²) in [6, 6.07) is 3.97. The lowest BCUT2D eigenvalue weighted by molar-refractivity contribution is 0.112. The molecule has 0 atom stereocenters. The number of hydrogen-bond donors (Lipinski definition) is 0. The van der Waals surface area contributed by atoms with Crippen LogP contribution in [0.4, 0.5) is 0 Å². The molecule has 2 rings (SSSR count). The van der Waals surface area contributed by atoms with Crippen molar-refractivity contribution < 1.29 is 4.79 Å². The second-order valence-corrected chi connectivity index (χ2v) is 4.59. The highest BCUT2D eigenvalue weighted by atomic mass is 35.5. The summed E-state index contributed by atoms with van der Waals surface area (Å²) in [7, 11) is 0. The van der Waals surface area contributed by atoms with Gasteiger partial charge in [-0.15, -0.1) is 0 Å². The van der Waals surface area contributed by atoms with Gasteiger partial charge in [-0.25, -0.2) is 9.97 Å². The summed E-state index contributed by atoms with van der Waals surface area (Å²) in [5.41, 5.74) is 2.99. The Morgan fingerprint density at radius 3 is 2.68 bits per heavy atom. The van der Waals surface area contributed by atoms with E-state index in [4.69, 9.17) is 11.6 Å². The van der Waals surface area contributed by atoms with Gasteiger partial charge in [0, 0.05) is 18.3 Å². The average molecular weight is 276 g/mol. The Kier molecular flexibility index (Phi) is 4.22. The number of rotatable bonds is 4. The molecule has 0 saturated carbocycles. The van der Waals surface area contributed by atoms with Crippen LogP contribution in [0.2, 0.25) is 5.15 Å². The van der Waals surface area contributed by atoms with Gasteiger partial charge in [-0.1, -0.05) is 24.6 Å². The number of aryl methyl sites for hydroxylation is 2. The van der Waals surface area contributed by atoms with Crippen molar-refractivity contribution in [2.45, 2.75) is 26.7 Å². The van der Waals surface area contributed by atoms with E-state index in [0.717, 1.165) is 12.1 Å². The van der Waals surface area contributed by atoms with Gasteiger partial charge in [0.2, 0.25) is 0 Å². The van der Waals surface area contributed by atoms with Crippen LogP contribution in [0, 0.1) is 6.92 Å². The largest absolute Gasteiger partial charge is 0.298 e. The molecule has 98 valence electrons. The highest BCUT2D eigenvalue weighted by molar-refractivity contribution is 6.31. The molecule has 2 aromatic heterocycles. The number of carbonyl (C=O) groups excluding carboxylic acids is 1. The van der Waals surface area contributed by atoms with E-state index in [-0.39, 0.29) is 5.15 Å². The van der Waals surface area contributed by atoms with Crippen molar-refractivity contribution >= 4 is 17.9 Å². The van der Waals surface area contributed by atoms with E-state index >= 15 is 0 Å². The van der Waals surface area contributed by atoms with Crippen LogP contribution in [0.3, 0.4) is 0 Å². The molecule has 0 N–H and O–H groups in total. The van der Waals surface area contributed by atoms with Crippen molar-refractivity contribution in [1.82, 2.24) is 15.0 Å². The zero-order valence-corrected chi connectivity index (χ0v) is 11.6. The molecule has 19 heavy (non-hydrogen) atoms. The lowest BCUT2D eigenvalue weighted by Gasteiger charge is -2.06.